The third-order valence-corrected chi connectivity index (χ3v) is 16.0. The largest absolute Gasteiger partial charge is 0.477 e. The molecule has 0 rings (SSSR count). The maximum Gasteiger partial charge on any atom is 0.361 e. The smallest absolute Gasteiger partial charge is 0.361 e. The van der Waals surface area contributed by atoms with E-state index in [9.17, 15) is 19.5 Å². The van der Waals surface area contributed by atoms with Crippen LogP contribution in [-0.4, -0.2) is 87.4 Å². The number of carbonyl (C=O) groups excluding carboxylic acids is 2. The standard InChI is InChI=1S/C71H135NO8/c1-6-8-10-12-14-16-18-20-22-24-26-28-30-32-34-36-37-39-41-43-45-47-49-51-53-55-57-59-61-68(73)78-65-67(66-79-71(70(75)76)77-64-63-72(3,4)5)80-69(74)62-60-58-56-54-52-50-48-46-44-42-40-38-35-33-31-29-27-25-23-21-19-17-15-13-11-9-7-2/h19,21,25,27,67,71H,6-18,20,22-24,26,28-66H2,1-5H3/p+1/b21-19-,27-25-. The van der Waals surface area contributed by atoms with Gasteiger partial charge in [-0.1, -0.05) is 321 Å². The van der Waals surface area contributed by atoms with Gasteiger partial charge in [0, 0.05) is 12.8 Å². The van der Waals surface area contributed by atoms with Gasteiger partial charge >= 0.3 is 17.9 Å². The number of carboxylic acids is 1. The minimum atomic E-state index is -1.51. The number of carbonyl (C=O) groups is 3. The summed E-state index contributed by atoms with van der Waals surface area (Å²) in [5.74, 6) is -1.97. The molecule has 0 aliphatic rings. The Bertz CT molecular complexity index is 1360. The summed E-state index contributed by atoms with van der Waals surface area (Å²) >= 11 is 0. The molecule has 0 aliphatic carbocycles. The first-order chi connectivity index (χ1) is 39.1. The lowest BCUT2D eigenvalue weighted by molar-refractivity contribution is -0.870. The highest BCUT2D eigenvalue weighted by Gasteiger charge is 2.25. The van der Waals surface area contributed by atoms with E-state index in [1.54, 1.807) is 0 Å². The van der Waals surface area contributed by atoms with Crippen molar-refractivity contribution in [2.75, 3.05) is 47.5 Å². The van der Waals surface area contributed by atoms with Gasteiger partial charge in [0.2, 0.25) is 0 Å². The summed E-state index contributed by atoms with van der Waals surface area (Å²) in [5, 5.41) is 9.74. The first kappa shape index (κ1) is 77.8. The van der Waals surface area contributed by atoms with Crippen LogP contribution in [0.4, 0.5) is 0 Å². The molecule has 0 fully saturated rings. The monoisotopic (exact) mass is 1130 g/mol. The third kappa shape index (κ3) is 63.4. The molecule has 0 aliphatic heterocycles. The molecule has 0 radical (unpaired) electrons. The van der Waals surface area contributed by atoms with Gasteiger partial charge < -0.3 is 28.5 Å². The number of hydrogen-bond acceptors (Lipinski definition) is 7. The molecule has 0 heterocycles. The van der Waals surface area contributed by atoms with Gasteiger partial charge in [-0.25, -0.2) is 4.79 Å². The molecule has 9 heteroatoms. The van der Waals surface area contributed by atoms with Crippen molar-refractivity contribution in [3.8, 4) is 0 Å². The van der Waals surface area contributed by atoms with Crippen LogP contribution in [0, 0.1) is 0 Å². The Morgan fingerprint density at radius 1 is 0.375 bits per heavy atom. The van der Waals surface area contributed by atoms with E-state index in [4.69, 9.17) is 18.9 Å². The van der Waals surface area contributed by atoms with Crippen LogP contribution in [0.5, 0.6) is 0 Å². The molecular formula is C71H136NO8+. The van der Waals surface area contributed by atoms with Crippen LogP contribution in [0.25, 0.3) is 0 Å². The van der Waals surface area contributed by atoms with Crippen LogP contribution < -0.4 is 0 Å². The lowest BCUT2D eigenvalue weighted by Crippen LogP contribution is -2.40. The average molecular weight is 1130 g/mol. The van der Waals surface area contributed by atoms with Crippen molar-refractivity contribution in [1.82, 2.24) is 0 Å². The van der Waals surface area contributed by atoms with Gasteiger partial charge in [-0.2, -0.15) is 0 Å². The Hall–Kier alpha value is -2.23. The van der Waals surface area contributed by atoms with Crippen molar-refractivity contribution in [2.45, 2.75) is 367 Å². The van der Waals surface area contributed by atoms with Gasteiger partial charge in [0.25, 0.3) is 6.29 Å². The average Bonchev–Trinajstić information content (AvgIpc) is 3.43. The predicted octanol–water partition coefficient (Wildman–Crippen LogP) is 21.4. The second kappa shape index (κ2) is 62.8. The lowest BCUT2D eigenvalue weighted by Gasteiger charge is -2.25. The lowest BCUT2D eigenvalue weighted by atomic mass is 10.0. The van der Waals surface area contributed by atoms with Gasteiger partial charge in [-0.3, -0.25) is 9.59 Å². The molecule has 0 aromatic rings. The summed E-state index contributed by atoms with van der Waals surface area (Å²) in [6.07, 6.45) is 74.4. The van der Waals surface area contributed by atoms with Gasteiger partial charge in [0.05, 0.1) is 34.4 Å². The molecule has 2 unspecified atom stereocenters. The molecule has 0 aromatic carbocycles. The van der Waals surface area contributed by atoms with Crippen LogP contribution in [0.3, 0.4) is 0 Å². The molecule has 0 spiro atoms. The van der Waals surface area contributed by atoms with Crippen LogP contribution in [0.15, 0.2) is 24.3 Å². The highest BCUT2D eigenvalue weighted by molar-refractivity contribution is 5.71. The number of quaternary nitrogens is 1. The van der Waals surface area contributed by atoms with Gasteiger partial charge in [0.1, 0.15) is 13.2 Å². The zero-order valence-electron chi connectivity index (χ0n) is 54.0. The predicted molar refractivity (Wildman–Crippen MR) is 341 cm³/mol. The third-order valence-electron chi connectivity index (χ3n) is 16.0. The Labute approximate surface area is 497 Å². The van der Waals surface area contributed by atoms with E-state index >= 15 is 0 Å². The molecule has 0 bridgehead atoms. The molecule has 1 N–H and O–H groups in total. The minimum Gasteiger partial charge on any atom is -0.477 e. The van der Waals surface area contributed by atoms with Crippen molar-refractivity contribution in [1.29, 1.82) is 0 Å². The zero-order valence-corrected chi connectivity index (χ0v) is 54.0. The highest BCUT2D eigenvalue weighted by Crippen LogP contribution is 2.19. The summed E-state index contributed by atoms with van der Waals surface area (Å²) in [6.45, 7) is 4.94. The van der Waals surface area contributed by atoms with Crippen LogP contribution in [0.2, 0.25) is 0 Å². The van der Waals surface area contributed by atoms with E-state index in [0.717, 1.165) is 44.9 Å². The Balaban J connectivity index is 4.07. The van der Waals surface area contributed by atoms with Crippen LogP contribution >= 0.6 is 0 Å². The maximum absolute atomic E-state index is 12.9. The fourth-order valence-corrected chi connectivity index (χ4v) is 10.6. The molecule has 472 valence electrons. The van der Waals surface area contributed by atoms with E-state index in [1.807, 2.05) is 21.1 Å². The Morgan fingerprint density at radius 3 is 0.988 bits per heavy atom. The number of likely N-dealkylation sites (N-methyl/N-ethyl adjacent to an activating group) is 1. The number of nitrogens with zero attached hydrogens (tertiary/aromatic N) is 1. The van der Waals surface area contributed by atoms with Crippen molar-refractivity contribution in [3.05, 3.63) is 24.3 Å². The number of rotatable bonds is 66. The minimum absolute atomic E-state index is 0.175. The summed E-state index contributed by atoms with van der Waals surface area (Å²) in [4.78, 5) is 37.6. The molecule has 2 atom stereocenters. The van der Waals surface area contributed by atoms with Crippen molar-refractivity contribution in [2.24, 2.45) is 0 Å². The first-order valence-electron chi connectivity index (χ1n) is 35.0. The van der Waals surface area contributed by atoms with Crippen LogP contribution in [-0.2, 0) is 33.3 Å². The number of allylic oxidation sites excluding steroid dienone is 4. The molecule has 0 saturated carbocycles. The Morgan fingerprint density at radius 2 is 0.675 bits per heavy atom. The second-order valence-corrected chi connectivity index (χ2v) is 25.2. The zero-order chi connectivity index (χ0) is 58.3. The van der Waals surface area contributed by atoms with E-state index in [-0.39, 0.29) is 38.2 Å². The summed E-state index contributed by atoms with van der Waals surface area (Å²) in [5.41, 5.74) is 0. The summed E-state index contributed by atoms with van der Waals surface area (Å²) in [6, 6.07) is 0. The SMILES string of the molecule is CCCCCCC/C=C\C/C=C\CCCCCCCCCCCCCCCCCC(=O)OC(COC(=O)CCCCCCCCCCCCCCCCCCCCCCCCCCCCCC)COC(OCC[N+](C)(C)C)C(=O)O. The van der Waals surface area contributed by atoms with Crippen LogP contribution in [0.1, 0.15) is 354 Å². The first-order valence-corrected chi connectivity index (χ1v) is 35.0. The normalized spacial score (nSPS) is 12.8. The van der Waals surface area contributed by atoms with E-state index in [1.165, 1.54) is 283 Å². The summed E-state index contributed by atoms with van der Waals surface area (Å²) < 4.78 is 23.0. The second-order valence-electron chi connectivity index (χ2n) is 25.2. The molecule has 0 saturated heterocycles. The van der Waals surface area contributed by atoms with E-state index in [2.05, 4.69) is 38.2 Å². The maximum atomic E-state index is 12.9. The van der Waals surface area contributed by atoms with E-state index in [0.29, 0.717) is 17.4 Å². The summed E-state index contributed by atoms with van der Waals surface area (Å²) in [7, 11) is 5.99. The molecule has 80 heavy (non-hydrogen) atoms. The number of aliphatic carboxylic acids is 1. The Kier molecular flexibility index (Phi) is 61.1. The highest BCUT2D eigenvalue weighted by atomic mass is 16.7. The van der Waals surface area contributed by atoms with Crippen molar-refractivity contribution >= 4 is 17.9 Å². The number of unbranched alkanes of at least 4 members (excludes halogenated alkanes) is 47. The van der Waals surface area contributed by atoms with Gasteiger partial charge in [0.15, 0.2) is 6.10 Å². The quantitative estimate of drug-likeness (QED) is 0.0211. The topological polar surface area (TPSA) is 108 Å². The van der Waals surface area contributed by atoms with Gasteiger partial charge in [-0.05, 0) is 44.9 Å². The fraction of sp³-hybridized carbons (Fsp3) is 0.901. The number of carboxylic acid groups (broad SMARTS) is 1. The fourth-order valence-electron chi connectivity index (χ4n) is 10.6. The molecule has 0 aromatic heterocycles. The van der Waals surface area contributed by atoms with E-state index < -0.39 is 18.4 Å². The molecular weight excluding hydrogens is 995 g/mol. The number of esters is 2. The van der Waals surface area contributed by atoms with Crippen molar-refractivity contribution in [3.63, 3.8) is 0 Å². The molecule has 9 nitrogen and oxygen atoms in total. The van der Waals surface area contributed by atoms with Gasteiger partial charge in [-0.15, -0.1) is 0 Å². The molecule has 0 amide bonds. The van der Waals surface area contributed by atoms with Crippen molar-refractivity contribution < 1.29 is 42.9 Å². The number of hydrogen-bond donors (Lipinski definition) is 1. The number of ether oxygens (including phenoxy) is 4.